The molecule has 26 heavy (non-hydrogen) atoms. The van der Waals surface area contributed by atoms with E-state index in [2.05, 4.69) is 74.2 Å². The van der Waals surface area contributed by atoms with E-state index in [0.29, 0.717) is 19.1 Å². The molecule has 0 saturated heterocycles. The van der Waals surface area contributed by atoms with Crippen molar-refractivity contribution in [1.82, 2.24) is 0 Å². The number of hydrogen-bond acceptors (Lipinski definition) is 1. The molecule has 0 unspecified atom stereocenters. The van der Waals surface area contributed by atoms with Gasteiger partial charge in [-0.05, 0) is 66.7 Å². The van der Waals surface area contributed by atoms with Gasteiger partial charge in [-0.15, -0.1) is 6.58 Å². The number of allylic oxidation sites excluding steroid dienone is 1. The zero-order chi connectivity index (χ0) is 18.2. The van der Waals surface area contributed by atoms with Crippen molar-refractivity contribution in [1.29, 1.82) is 0 Å². The van der Waals surface area contributed by atoms with Crippen molar-refractivity contribution < 1.29 is 4.74 Å². The summed E-state index contributed by atoms with van der Waals surface area (Å²) in [6, 6.07) is 18.1. The van der Waals surface area contributed by atoms with Gasteiger partial charge in [0.05, 0.1) is 13.2 Å². The molecule has 1 saturated carbocycles. The van der Waals surface area contributed by atoms with Crippen LogP contribution in [0.1, 0.15) is 66.7 Å². The molecule has 0 radical (unpaired) electrons. The van der Waals surface area contributed by atoms with Crippen molar-refractivity contribution >= 4 is 6.08 Å². The SMILES string of the molecule is C=CCOCc1ccc(C2CCC(c3ccc(/C=C/C)cc3)CC2)cc1. The highest BCUT2D eigenvalue weighted by atomic mass is 16.5. The highest BCUT2D eigenvalue weighted by Gasteiger charge is 2.23. The molecule has 1 aliphatic carbocycles. The topological polar surface area (TPSA) is 9.23 Å². The molecular weight excluding hydrogens is 316 g/mol. The Hall–Kier alpha value is -2.12. The smallest absolute Gasteiger partial charge is 0.0721 e. The van der Waals surface area contributed by atoms with E-state index in [1.807, 2.05) is 0 Å². The molecule has 1 fully saturated rings. The predicted molar refractivity (Wildman–Crippen MR) is 111 cm³/mol. The maximum atomic E-state index is 5.52. The van der Waals surface area contributed by atoms with Crippen molar-refractivity contribution in [3.8, 4) is 0 Å². The van der Waals surface area contributed by atoms with E-state index < -0.39 is 0 Å². The lowest BCUT2D eigenvalue weighted by molar-refractivity contribution is 0.149. The predicted octanol–water partition coefficient (Wildman–Crippen LogP) is 6.86. The lowest BCUT2D eigenvalue weighted by Crippen LogP contribution is -2.12. The average molecular weight is 347 g/mol. The summed E-state index contributed by atoms with van der Waals surface area (Å²) in [5, 5.41) is 0. The summed E-state index contributed by atoms with van der Waals surface area (Å²) >= 11 is 0. The summed E-state index contributed by atoms with van der Waals surface area (Å²) in [7, 11) is 0. The van der Waals surface area contributed by atoms with Gasteiger partial charge >= 0.3 is 0 Å². The van der Waals surface area contributed by atoms with Crippen LogP contribution in [0.15, 0.2) is 67.3 Å². The summed E-state index contributed by atoms with van der Waals surface area (Å²) in [4.78, 5) is 0. The highest BCUT2D eigenvalue weighted by Crippen LogP contribution is 2.40. The van der Waals surface area contributed by atoms with Gasteiger partial charge in [0.25, 0.3) is 0 Å². The molecular formula is C25H30O. The van der Waals surface area contributed by atoms with Gasteiger partial charge < -0.3 is 4.74 Å². The van der Waals surface area contributed by atoms with Gasteiger partial charge in [0.1, 0.15) is 0 Å². The van der Waals surface area contributed by atoms with Crippen LogP contribution in [-0.2, 0) is 11.3 Å². The minimum absolute atomic E-state index is 0.613. The molecule has 0 amide bonds. The van der Waals surface area contributed by atoms with Gasteiger partial charge in [-0.1, -0.05) is 66.8 Å². The first-order valence-electron chi connectivity index (χ1n) is 9.80. The third-order valence-electron chi connectivity index (χ3n) is 5.45. The van der Waals surface area contributed by atoms with Gasteiger partial charge in [-0.25, -0.2) is 0 Å². The van der Waals surface area contributed by atoms with Crippen LogP contribution in [0.2, 0.25) is 0 Å². The van der Waals surface area contributed by atoms with E-state index in [4.69, 9.17) is 4.74 Å². The van der Waals surface area contributed by atoms with Gasteiger partial charge in [-0.2, -0.15) is 0 Å². The third-order valence-corrected chi connectivity index (χ3v) is 5.45. The standard InChI is InChI=1S/C25H30O/c1-3-5-20-6-10-22(11-7-20)24-14-16-25(17-15-24)23-12-8-21(9-13-23)19-26-18-4-2/h3-13,24-25H,2,14-19H2,1H3/b5-3+. The number of rotatable bonds is 7. The van der Waals surface area contributed by atoms with Crippen LogP contribution >= 0.6 is 0 Å². The van der Waals surface area contributed by atoms with E-state index >= 15 is 0 Å². The maximum Gasteiger partial charge on any atom is 0.0721 e. The molecule has 1 aliphatic rings. The van der Waals surface area contributed by atoms with Crippen molar-refractivity contribution in [2.75, 3.05) is 6.61 Å². The Morgan fingerprint density at radius 2 is 1.42 bits per heavy atom. The van der Waals surface area contributed by atoms with Crippen LogP contribution in [0.25, 0.3) is 6.08 Å². The third kappa shape index (κ3) is 4.95. The van der Waals surface area contributed by atoms with Crippen LogP contribution in [-0.4, -0.2) is 6.61 Å². The Bertz CT molecular complexity index is 701. The van der Waals surface area contributed by atoms with Gasteiger partial charge in [0, 0.05) is 0 Å². The molecule has 0 aromatic heterocycles. The Kier molecular flexibility index (Phi) is 6.85. The Morgan fingerprint density at radius 3 is 1.92 bits per heavy atom. The minimum atomic E-state index is 0.613. The first-order valence-corrected chi connectivity index (χ1v) is 9.80. The second-order valence-electron chi connectivity index (χ2n) is 7.26. The van der Waals surface area contributed by atoms with E-state index in [9.17, 15) is 0 Å². The van der Waals surface area contributed by atoms with E-state index in [1.54, 1.807) is 6.08 Å². The van der Waals surface area contributed by atoms with E-state index in [-0.39, 0.29) is 0 Å². The Balaban J connectivity index is 1.53. The normalized spacial score (nSPS) is 20.3. The summed E-state index contributed by atoms with van der Waals surface area (Å²) in [6.45, 7) is 7.03. The van der Waals surface area contributed by atoms with Crippen molar-refractivity contribution in [2.45, 2.75) is 51.0 Å². The molecule has 0 aliphatic heterocycles. The number of benzene rings is 2. The van der Waals surface area contributed by atoms with Crippen LogP contribution in [0.3, 0.4) is 0 Å². The van der Waals surface area contributed by atoms with E-state index in [1.165, 1.54) is 47.9 Å². The lowest BCUT2D eigenvalue weighted by Gasteiger charge is -2.29. The molecule has 3 rings (SSSR count). The molecule has 1 heteroatoms. The van der Waals surface area contributed by atoms with Crippen molar-refractivity contribution in [3.63, 3.8) is 0 Å². The second kappa shape index (κ2) is 9.54. The summed E-state index contributed by atoms with van der Waals surface area (Å²) < 4.78 is 5.52. The summed E-state index contributed by atoms with van der Waals surface area (Å²) in [6.07, 6.45) is 11.2. The first kappa shape index (κ1) is 18.7. The Morgan fingerprint density at radius 1 is 0.885 bits per heavy atom. The second-order valence-corrected chi connectivity index (χ2v) is 7.26. The van der Waals surface area contributed by atoms with Crippen molar-refractivity contribution in [2.24, 2.45) is 0 Å². The van der Waals surface area contributed by atoms with Gasteiger partial charge in [0.15, 0.2) is 0 Å². The summed E-state index contributed by atoms with van der Waals surface area (Å²) in [5.41, 5.74) is 5.53. The fourth-order valence-corrected chi connectivity index (χ4v) is 3.98. The van der Waals surface area contributed by atoms with Gasteiger partial charge in [0.2, 0.25) is 0 Å². The Labute approximate surface area is 158 Å². The molecule has 0 N–H and O–H groups in total. The monoisotopic (exact) mass is 346 g/mol. The molecule has 0 heterocycles. The first-order chi connectivity index (χ1) is 12.8. The molecule has 0 bridgehead atoms. The average Bonchev–Trinajstić information content (AvgIpc) is 2.70. The number of ether oxygens (including phenoxy) is 1. The number of hydrogen-bond donors (Lipinski definition) is 0. The fourth-order valence-electron chi connectivity index (χ4n) is 3.98. The van der Waals surface area contributed by atoms with Crippen LogP contribution in [0.4, 0.5) is 0 Å². The molecule has 2 aromatic rings. The van der Waals surface area contributed by atoms with Crippen LogP contribution in [0.5, 0.6) is 0 Å². The van der Waals surface area contributed by atoms with Crippen molar-refractivity contribution in [3.05, 3.63) is 89.5 Å². The fraction of sp³-hybridized carbons (Fsp3) is 0.360. The summed E-state index contributed by atoms with van der Waals surface area (Å²) in [5.74, 6) is 1.43. The molecule has 136 valence electrons. The quantitative estimate of drug-likeness (QED) is 0.393. The minimum Gasteiger partial charge on any atom is -0.373 e. The van der Waals surface area contributed by atoms with Gasteiger partial charge in [-0.3, -0.25) is 0 Å². The molecule has 0 atom stereocenters. The largest absolute Gasteiger partial charge is 0.373 e. The molecule has 1 nitrogen and oxygen atoms in total. The highest BCUT2D eigenvalue weighted by molar-refractivity contribution is 5.49. The maximum absolute atomic E-state index is 5.52. The van der Waals surface area contributed by atoms with E-state index in [0.717, 1.165) is 5.92 Å². The molecule has 2 aromatic carbocycles. The zero-order valence-corrected chi connectivity index (χ0v) is 15.9. The lowest BCUT2D eigenvalue weighted by atomic mass is 9.76. The molecule has 0 spiro atoms. The van der Waals surface area contributed by atoms with Crippen LogP contribution < -0.4 is 0 Å². The zero-order valence-electron chi connectivity index (χ0n) is 15.9. The van der Waals surface area contributed by atoms with Crippen LogP contribution in [0, 0.1) is 0 Å².